The molecule has 7 heteroatoms. The van der Waals surface area contributed by atoms with Gasteiger partial charge in [-0.05, 0) is 13.3 Å². The van der Waals surface area contributed by atoms with Crippen LogP contribution in [0.15, 0.2) is 0 Å². The van der Waals surface area contributed by atoms with Gasteiger partial charge in [0.05, 0.1) is 18.9 Å². The molecule has 0 fully saturated rings. The van der Waals surface area contributed by atoms with Gasteiger partial charge in [0.1, 0.15) is 0 Å². The predicted octanol–water partition coefficient (Wildman–Crippen LogP) is 0.692. The van der Waals surface area contributed by atoms with Crippen LogP contribution in [0.3, 0.4) is 0 Å². The van der Waals surface area contributed by atoms with Crippen LogP contribution in [0.1, 0.15) is 26.7 Å². The molecule has 0 aliphatic rings. The number of aliphatic carboxylic acids is 1. The lowest BCUT2D eigenvalue weighted by Crippen LogP contribution is -2.41. The summed E-state index contributed by atoms with van der Waals surface area (Å²) in [5.74, 6) is -1.89. The van der Waals surface area contributed by atoms with Gasteiger partial charge in [0.15, 0.2) is 0 Å². The Morgan fingerprint density at radius 2 is 1.95 bits per heavy atom. The van der Waals surface area contributed by atoms with E-state index in [-0.39, 0.29) is 25.5 Å². The summed E-state index contributed by atoms with van der Waals surface area (Å²) in [4.78, 5) is 34.8. The van der Waals surface area contributed by atoms with Crippen molar-refractivity contribution in [2.24, 2.45) is 5.92 Å². The molecule has 19 heavy (non-hydrogen) atoms. The first-order chi connectivity index (χ1) is 8.92. The van der Waals surface area contributed by atoms with Crippen molar-refractivity contribution in [3.63, 3.8) is 0 Å². The zero-order valence-electron chi connectivity index (χ0n) is 11.6. The third-order valence-corrected chi connectivity index (χ3v) is 2.65. The minimum atomic E-state index is -0.933. The van der Waals surface area contributed by atoms with E-state index in [1.54, 1.807) is 13.8 Å². The number of nitrogens with zero attached hydrogens (tertiary/aromatic N) is 1. The number of ether oxygens (including phenoxy) is 1. The zero-order valence-corrected chi connectivity index (χ0v) is 11.6. The van der Waals surface area contributed by atoms with Gasteiger partial charge in [0.25, 0.3) is 0 Å². The third-order valence-electron chi connectivity index (χ3n) is 2.65. The van der Waals surface area contributed by atoms with Crippen molar-refractivity contribution in [3.05, 3.63) is 0 Å². The summed E-state index contributed by atoms with van der Waals surface area (Å²) >= 11 is 0. The lowest BCUT2D eigenvalue weighted by molar-refractivity contribution is -0.143. The first kappa shape index (κ1) is 17.2. The van der Waals surface area contributed by atoms with Crippen molar-refractivity contribution in [2.75, 3.05) is 26.7 Å². The van der Waals surface area contributed by atoms with Gasteiger partial charge in [-0.1, -0.05) is 6.92 Å². The molecule has 1 unspecified atom stereocenters. The van der Waals surface area contributed by atoms with Crippen molar-refractivity contribution in [1.29, 1.82) is 0 Å². The number of carboxylic acids is 1. The van der Waals surface area contributed by atoms with E-state index in [1.165, 1.54) is 11.9 Å². The van der Waals surface area contributed by atoms with Gasteiger partial charge in [-0.3, -0.25) is 9.59 Å². The van der Waals surface area contributed by atoms with Gasteiger partial charge in [-0.2, -0.15) is 0 Å². The SMILES string of the molecule is CCOC(=O)CCN(C)C(=O)NCC(CC)C(=O)O. The predicted molar refractivity (Wildman–Crippen MR) is 68.7 cm³/mol. The fourth-order valence-electron chi connectivity index (χ4n) is 1.35. The van der Waals surface area contributed by atoms with Crippen LogP contribution in [0.4, 0.5) is 4.79 Å². The Hall–Kier alpha value is -1.79. The van der Waals surface area contributed by atoms with E-state index in [9.17, 15) is 14.4 Å². The number of hydrogen-bond donors (Lipinski definition) is 2. The summed E-state index contributed by atoms with van der Waals surface area (Å²) in [5.41, 5.74) is 0. The van der Waals surface area contributed by atoms with Gasteiger partial charge >= 0.3 is 18.0 Å². The Bertz CT molecular complexity index is 319. The molecule has 0 aliphatic carbocycles. The fourth-order valence-corrected chi connectivity index (χ4v) is 1.35. The first-order valence-corrected chi connectivity index (χ1v) is 6.29. The Morgan fingerprint density at radius 1 is 1.32 bits per heavy atom. The summed E-state index contributed by atoms with van der Waals surface area (Å²) < 4.78 is 4.74. The summed E-state index contributed by atoms with van der Waals surface area (Å²) in [6.45, 7) is 4.08. The monoisotopic (exact) mass is 274 g/mol. The van der Waals surface area contributed by atoms with Gasteiger partial charge < -0.3 is 20.1 Å². The molecule has 7 nitrogen and oxygen atoms in total. The minimum absolute atomic E-state index is 0.0778. The quantitative estimate of drug-likeness (QED) is 0.635. The molecule has 0 spiro atoms. The third kappa shape index (κ3) is 7.28. The highest BCUT2D eigenvalue weighted by molar-refractivity contribution is 5.76. The highest BCUT2D eigenvalue weighted by atomic mass is 16.5. The van der Waals surface area contributed by atoms with Crippen molar-refractivity contribution < 1.29 is 24.2 Å². The smallest absolute Gasteiger partial charge is 0.317 e. The second kappa shape index (κ2) is 9.18. The summed E-state index contributed by atoms with van der Waals surface area (Å²) in [6.07, 6.45) is 0.566. The van der Waals surface area contributed by atoms with Crippen LogP contribution in [0.2, 0.25) is 0 Å². The molecule has 0 saturated heterocycles. The average molecular weight is 274 g/mol. The highest BCUT2D eigenvalue weighted by Crippen LogP contribution is 2.01. The second-order valence-corrected chi connectivity index (χ2v) is 4.11. The minimum Gasteiger partial charge on any atom is -0.481 e. The van der Waals surface area contributed by atoms with E-state index in [0.29, 0.717) is 13.0 Å². The van der Waals surface area contributed by atoms with Crippen molar-refractivity contribution >= 4 is 18.0 Å². The van der Waals surface area contributed by atoms with Crippen LogP contribution < -0.4 is 5.32 Å². The van der Waals surface area contributed by atoms with Crippen LogP contribution in [0.5, 0.6) is 0 Å². The number of nitrogens with one attached hydrogen (secondary N) is 1. The number of carboxylic acid groups (broad SMARTS) is 1. The maximum Gasteiger partial charge on any atom is 0.317 e. The Morgan fingerprint density at radius 3 is 2.42 bits per heavy atom. The fraction of sp³-hybridized carbons (Fsp3) is 0.750. The summed E-state index contributed by atoms with van der Waals surface area (Å²) in [5, 5.41) is 11.4. The van der Waals surface area contributed by atoms with E-state index >= 15 is 0 Å². The van der Waals surface area contributed by atoms with Crippen molar-refractivity contribution in [2.45, 2.75) is 26.7 Å². The van der Waals surface area contributed by atoms with Gasteiger partial charge in [-0.25, -0.2) is 4.79 Å². The number of urea groups is 1. The molecule has 0 radical (unpaired) electrons. The summed E-state index contributed by atoms with van der Waals surface area (Å²) in [6, 6.07) is -0.399. The summed E-state index contributed by atoms with van der Waals surface area (Å²) in [7, 11) is 1.54. The van der Waals surface area contributed by atoms with Crippen LogP contribution in [0.25, 0.3) is 0 Å². The molecule has 0 heterocycles. The van der Waals surface area contributed by atoms with Gasteiger partial charge in [0.2, 0.25) is 0 Å². The molecule has 0 aromatic carbocycles. The number of hydrogen-bond acceptors (Lipinski definition) is 4. The molecule has 2 amide bonds. The van der Waals surface area contributed by atoms with Crippen molar-refractivity contribution in [1.82, 2.24) is 10.2 Å². The topological polar surface area (TPSA) is 95.9 Å². The largest absolute Gasteiger partial charge is 0.481 e. The Balaban J connectivity index is 4.00. The lowest BCUT2D eigenvalue weighted by atomic mass is 10.1. The number of esters is 1. The number of carbonyl (C=O) groups is 3. The van der Waals surface area contributed by atoms with E-state index in [0.717, 1.165) is 0 Å². The number of amides is 2. The first-order valence-electron chi connectivity index (χ1n) is 6.29. The maximum absolute atomic E-state index is 11.6. The Kier molecular flexibility index (Phi) is 8.32. The molecule has 0 aliphatic heterocycles. The molecular formula is C12H22N2O5. The zero-order chi connectivity index (χ0) is 14.8. The van der Waals surface area contributed by atoms with Crippen LogP contribution in [-0.4, -0.2) is 54.7 Å². The van der Waals surface area contributed by atoms with Crippen LogP contribution in [0, 0.1) is 5.92 Å². The maximum atomic E-state index is 11.6. The number of carbonyl (C=O) groups excluding carboxylic acids is 2. The molecule has 1 atom stereocenters. The van der Waals surface area contributed by atoms with E-state index in [1.807, 2.05) is 0 Å². The van der Waals surface area contributed by atoms with E-state index in [2.05, 4.69) is 5.32 Å². The highest BCUT2D eigenvalue weighted by Gasteiger charge is 2.17. The molecule has 0 bridgehead atoms. The molecule has 0 aromatic rings. The van der Waals surface area contributed by atoms with Gasteiger partial charge in [0, 0.05) is 20.1 Å². The van der Waals surface area contributed by atoms with Crippen LogP contribution >= 0.6 is 0 Å². The van der Waals surface area contributed by atoms with E-state index < -0.39 is 17.9 Å². The Labute approximate surface area is 112 Å². The standard InChI is InChI=1S/C12H22N2O5/c1-4-9(11(16)17)8-13-12(18)14(3)7-6-10(15)19-5-2/h9H,4-8H2,1-3H3,(H,13,18)(H,16,17). The normalized spacial score (nSPS) is 11.5. The molecule has 110 valence electrons. The van der Waals surface area contributed by atoms with Crippen molar-refractivity contribution in [3.8, 4) is 0 Å². The van der Waals surface area contributed by atoms with Gasteiger partial charge in [-0.15, -0.1) is 0 Å². The average Bonchev–Trinajstić information content (AvgIpc) is 2.36. The van der Waals surface area contributed by atoms with Crippen LogP contribution in [-0.2, 0) is 14.3 Å². The molecule has 2 N–H and O–H groups in total. The number of rotatable bonds is 8. The lowest BCUT2D eigenvalue weighted by Gasteiger charge is -2.19. The second-order valence-electron chi connectivity index (χ2n) is 4.11. The molecule has 0 aromatic heterocycles. The van der Waals surface area contributed by atoms with E-state index in [4.69, 9.17) is 9.84 Å². The molecule has 0 saturated carbocycles. The molecular weight excluding hydrogens is 252 g/mol. The molecule has 0 rings (SSSR count).